The second kappa shape index (κ2) is 11.6. The van der Waals surface area contributed by atoms with Crippen molar-refractivity contribution in [2.24, 2.45) is 0 Å². The maximum atomic E-state index is 12.4. The molecule has 0 aliphatic heterocycles. The van der Waals surface area contributed by atoms with E-state index in [4.69, 9.17) is 14.2 Å². The Morgan fingerprint density at radius 1 is 0.857 bits per heavy atom. The number of carbonyl (C=O) groups excluding carboxylic acids is 2. The molecule has 0 fully saturated rings. The molecule has 0 aliphatic rings. The summed E-state index contributed by atoms with van der Waals surface area (Å²) >= 11 is 0. The van der Waals surface area contributed by atoms with Crippen LogP contribution >= 0.6 is 0 Å². The molecule has 2 rings (SSSR count). The first-order valence-electron chi connectivity index (χ1n) is 9.28. The minimum absolute atomic E-state index is 0.351. The summed E-state index contributed by atoms with van der Waals surface area (Å²) in [7, 11) is 0. The summed E-state index contributed by atoms with van der Waals surface area (Å²) in [6, 6.07) is 13.6. The molecule has 0 saturated heterocycles. The van der Waals surface area contributed by atoms with Crippen LogP contribution in [-0.2, 0) is 4.74 Å². The predicted octanol–water partition coefficient (Wildman–Crippen LogP) is 2.97. The zero-order chi connectivity index (χ0) is 20.2. The van der Waals surface area contributed by atoms with Crippen molar-refractivity contribution in [3.05, 3.63) is 59.7 Å². The van der Waals surface area contributed by atoms with E-state index in [2.05, 4.69) is 10.9 Å². The minimum Gasteiger partial charge on any atom is -0.493 e. The van der Waals surface area contributed by atoms with Gasteiger partial charge in [0.2, 0.25) is 0 Å². The zero-order valence-corrected chi connectivity index (χ0v) is 16.2. The van der Waals surface area contributed by atoms with Crippen LogP contribution in [0.3, 0.4) is 0 Å². The van der Waals surface area contributed by atoms with Crippen LogP contribution in [0.4, 0.5) is 0 Å². The van der Waals surface area contributed by atoms with E-state index in [0.29, 0.717) is 49.1 Å². The lowest BCUT2D eigenvalue weighted by Gasteiger charge is -2.12. The third kappa shape index (κ3) is 6.59. The molecular formula is C21H26N2O5. The number of nitrogens with one attached hydrogen (secondary N) is 2. The van der Waals surface area contributed by atoms with E-state index in [-0.39, 0.29) is 0 Å². The van der Waals surface area contributed by atoms with Gasteiger partial charge in [0.1, 0.15) is 18.1 Å². The maximum absolute atomic E-state index is 12.4. The van der Waals surface area contributed by atoms with Gasteiger partial charge in [-0.25, -0.2) is 0 Å². The van der Waals surface area contributed by atoms with Gasteiger partial charge in [-0.2, -0.15) is 0 Å². The lowest BCUT2D eigenvalue weighted by atomic mass is 10.2. The number of rotatable bonds is 10. The fourth-order valence-electron chi connectivity index (χ4n) is 2.34. The Morgan fingerprint density at radius 3 is 2.43 bits per heavy atom. The maximum Gasteiger partial charge on any atom is 0.273 e. The fourth-order valence-corrected chi connectivity index (χ4v) is 2.34. The van der Waals surface area contributed by atoms with Gasteiger partial charge in [0.15, 0.2) is 0 Å². The Morgan fingerprint density at radius 2 is 1.64 bits per heavy atom. The first-order chi connectivity index (χ1) is 13.7. The highest BCUT2D eigenvalue weighted by Gasteiger charge is 2.14. The lowest BCUT2D eigenvalue weighted by molar-refractivity contribution is 0.0844. The molecule has 0 spiro atoms. The standard InChI is InChI=1S/C21H26N2O5/c1-3-12-28-19-11-6-5-10-18(19)21(25)23-22-20(24)16-8-7-9-17(15-16)27-14-13-26-4-2/h5-11,15H,3-4,12-14H2,1-2H3,(H,22,24)(H,23,25). The van der Waals surface area contributed by atoms with Crippen molar-refractivity contribution in [2.75, 3.05) is 26.4 Å². The largest absolute Gasteiger partial charge is 0.493 e. The van der Waals surface area contributed by atoms with Crippen LogP contribution in [0.2, 0.25) is 0 Å². The third-order valence-electron chi connectivity index (χ3n) is 3.68. The molecule has 0 unspecified atom stereocenters. The van der Waals surface area contributed by atoms with Gasteiger partial charge >= 0.3 is 0 Å². The van der Waals surface area contributed by atoms with Crippen LogP contribution < -0.4 is 20.3 Å². The predicted molar refractivity (Wildman–Crippen MR) is 106 cm³/mol. The highest BCUT2D eigenvalue weighted by Crippen LogP contribution is 2.18. The van der Waals surface area contributed by atoms with E-state index in [9.17, 15) is 9.59 Å². The van der Waals surface area contributed by atoms with Gasteiger partial charge in [-0.1, -0.05) is 25.1 Å². The van der Waals surface area contributed by atoms with Gasteiger partial charge in [0, 0.05) is 12.2 Å². The Balaban J connectivity index is 1.92. The Hall–Kier alpha value is -3.06. The quantitative estimate of drug-likeness (QED) is 0.484. The topological polar surface area (TPSA) is 85.9 Å². The summed E-state index contributed by atoms with van der Waals surface area (Å²) in [6.45, 7) is 5.89. The van der Waals surface area contributed by atoms with Crippen molar-refractivity contribution in [1.29, 1.82) is 0 Å². The van der Waals surface area contributed by atoms with Gasteiger partial charge in [0.25, 0.3) is 11.8 Å². The average molecular weight is 386 g/mol. The van der Waals surface area contributed by atoms with E-state index in [1.807, 2.05) is 13.8 Å². The second-order valence-electron chi connectivity index (χ2n) is 5.83. The van der Waals surface area contributed by atoms with Crippen LogP contribution in [0.15, 0.2) is 48.5 Å². The zero-order valence-electron chi connectivity index (χ0n) is 16.2. The number of para-hydroxylation sites is 1. The molecule has 28 heavy (non-hydrogen) atoms. The summed E-state index contributed by atoms with van der Waals surface area (Å²) in [4.78, 5) is 24.7. The van der Waals surface area contributed by atoms with E-state index < -0.39 is 11.8 Å². The first-order valence-corrected chi connectivity index (χ1v) is 9.28. The molecule has 0 atom stereocenters. The molecular weight excluding hydrogens is 360 g/mol. The van der Waals surface area contributed by atoms with Gasteiger partial charge in [-0.15, -0.1) is 0 Å². The molecule has 150 valence electrons. The summed E-state index contributed by atoms with van der Waals surface area (Å²) in [5, 5.41) is 0. The van der Waals surface area contributed by atoms with Crippen LogP contribution in [0.1, 0.15) is 41.0 Å². The van der Waals surface area contributed by atoms with Crippen molar-refractivity contribution < 1.29 is 23.8 Å². The molecule has 0 bridgehead atoms. The van der Waals surface area contributed by atoms with Crippen LogP contribution in [0.5, 0.6) is 11.5 Å². The highest BCUT2D eigenvalue weighted by molar-refractivity contribution is 6.00. The minimum atomic E-state index is -0.454. The summed E-state index contributed by atoms with van der Waals surface area (Å²) in [5.41, 5.74) is 5.54. The van der Waals surface area contributed by atoms with E-state index in [1.54, 1.807) is 48.5 Å². The Labute approximate surface area is 165 Å². The van der Waals surface area contributed by atoms with Crippen molar-refractivity contribution in [2.45, 2.75) is 20.3 Å². The van der Waals surface area contributed by atoms with E-state index in [0.717, 1.165) is 6.42 Å². The molecule has 2 aromatic carbocycles. The SMILES string of the molecule is CCCOc1ccccc1C(=O)NNC(=O)c1cccc(OCCOCC)c1. The molecule has 0 aliphatic carbocycles. The number of amides is 2. The molecule has 0 radical (unpaired) electrons. The number of carbonyl (C=O) groups is 2. The number of hydrazine groups is 1. The molecule has 2 amide bonds. The van der Waals surface area contributed by atoms with Gasteiger partial charge in [-0.3, -0.25) is 20.4 Å². The Kier molecular flexibility index (Phi) is 8.81. The Bertz CT molecular complexity index is 779. The molecule has 7 nitrogen and oxygen atoms in total. The van der Waals surface area contributed by atoms with Crippen molar-refractivity contribution in [3.8, 4) is 11.5 Å². The normalized spacial score (nSPS) is 10.2. The molecule has 0 aromatic heterocycles. The second-order valence-corrected chi connectivity index (χ2v) is 5.83. The third-order valence-corrected chi connectivity index (χ3v) is 3.68. The van der Waals surface area contributed by atoms with Crippen molar-refractivity contribution in [1.82, 2.24) is 10.9 Å². The number of hydrogen-bond donors (Lipinski definition) is 2. The van der Waals surface area contributed by atoms with Crippen LogP contribution in [-0.4, -0.2) is 38.2 Å². The summed E-state index contributed by atoms with van der Waals surface area (Å²) < 4.78 is 16.3. The highest BCUT2D eigenvalue weighted by atomic mass is 16.5. The number of benzene rings is 2. The molecule has 2 N–H and O–H groups in total. The van der Waals surface area contributed by atoms with E-state index in [1.165, 1.54) is 0 Å². The molecule has 2 aromatic rings. The molecule has 0 saturated carbocycles. The number of ether oxygens (including phenoxy) is 3. The van der Waals surface area contributed by atoms with E-state index >= 15 is 0 Å². The molecule has 7 heteroatoms. The van der Waals surface area contributed by atoms with Gasteiger partial charge < -0.3 is 14.2 Å². The lowest BCUT2D eigenvalue weighted by Crippen LogP contribution is -2.41. The van der Waals surface area contributed by atoms with Crippen molar-refractivity contribution in [3.63, 3.8) is 0 Å². The van der Waals surface area contributed by atoms with Crippen LogP contribution in [0.25, 0.3) is 0 Å². The van der Waals surface area contributed by atoms with Gasteiger partial charge in [-0.05, 0) is 43.7 Å². The van der Waals surface area contributed by atoms with Crippen LogP contribution in [0, 0.1) is 0 Å². The fraction of sp³-hybridized carbons (Fsp3) is 0.333. The number of hydrogen-bond acceptors (Lipinski definition) is 5. The van der Waals surface area contributed by atoms with Crippen molar-refractivity contribution >= 4 is 11.8 Å². The van der Waals surface area contributed by atoms with Gasteiger partial charge in [0.05, 0.1) is 18.8 Å². The summed E-state index contributed by atoms with van der Waals surface area (Å²) in [5.74, 6) is 0.123. The first kappa shape index (κ1) is 21.2. The average Bonchev–Trinajstić information content (AvgIpc) is 2.73. The monoisotopic (exact) mass is 386 g/mol. The smallest absolute Gasteiger partial charge is 0.273 e. The molecule has 0 heterocycles. The summed E-state index contributed by atoms with van der Waals surface area (Å²) in [6.07, 6.45) is 0.829.